The van der Waals surface area contributed by atoms with Crippen LogP contribution in [-0.2, 0) is 11.2 Å². The van der Waals surface area contributed by atoms with E-state index in [2.05, 4.69) is 15.5 Å². The fourth-order valence-corrected chi connectivity index (χ4v) is 2.50. The van der Waals surface area contributed by atoms with Gasteiger partial charge < -0.3 is 9.84 Å². The molecule has 0 saturated carbocycles. The molecule has 1 amide bonds. The van der Waals surface area contributed by atoms with Gasteiger partial charge in [-0.05, 0) is 30.7 Å². The Morgan fingerprint density at radius 2 is 1.92 bits per heavy atom. The molecule has 0 bridgehead atoms. The van der Waals surface area contributed by atoms with E-state index in [-0.39, 0.29) is 18.0 Å². The largest absolute Gasteiger partial charge is 0.339 e. The van der Waals surface area contributed by atoms with Crippen LogP contribution in [0.2, 0.25) is 5.02 Å². The average molecular weight is 360 g/mol. The van der Waals surface area contributed by atoms with Gasteiger partial charge in [0.1, 0.15) is 5.82 Å². The van der Waals surface area contributed by atoms with Crippen LogP contribution < -0.4 is 5.32 Å². The number of aryl methyl sites for hydroxylation is 1. The van der Waals surface area contributed by atoms with E-state index >= 15 is 0 Å². The molecule has 5 nitrogen and oxygen atoms in total. The van der Waals surface area contributed by atoms with Gasteiger partial charge in [0.2, 0.25) is 17.6 Å². The number of hydrogen-bond donors (Lipinski definition) is 1. The zero-order valence-electron chi connectivity index (χ0n) is 13.2. The van der Waals surface area contributed by atoms with Crippen LogP contribution in [0.5, 0.6) is 0 Å². The fraction of sp³-hybridized carbons (Fsp3) is 0.167. The number of amides is 1. The second-order valence-electron chi connectivity index (χ2n) is 5.37. The summed E-state index contributed by atoms with van der Waals surface area (Å²) in [7, 11) is 0. The predicted octanol–water partition coefficient (Wildman–Crippen LogP) is 4.49. The molecule has 1 N–H and O–H groups in total. The van der Waals surface area contributed by atoms with Crippen LogP contribution in [0, 0.1) is 5.82 Å². The van der Waals surface area contributed by atoms with Crippen LogP contribution >= 0.6 is 11.6 Å². The molecule has 1 heterocycles. The molecule has 3 aromatic rings. The summed E-state index contributed by atoms with van der Waals surface area (Å²) in [5.41, 5.74) is 0.864. The first-order valence-electron chi connectivity index (χ1n) is 7.75. The monoisotopic (exact) mass is 359 g/mol. The quantitative estimate of drug-likeness (QED) is 0.704. The van der Waals surface area contributed by atoms with Gasteiger partial charge in [-0.3, -0.25) is 4.79 Å². The van der Waals surface area contributed by atoms with E-state index in [0.29, 0.717) is 35.1 Å². The number of halogens is 2. The van der Waals surface area contributed by atoms with Gasteiger partial charge >= 0.3 is 0 Å². The first-order chi connectivity index (χ1) is 12.1. The maximum absolute atomic E-state index is 13.5. The Balaban J connectivity index is 1.52. The van der Waals surface area contributed by atoms with E-state index in [1.54, 1.807) is 24.3 Å². The van der Waals surface area contributed by atoms with Crippen molar-refractivity contribution in [2.75, 3.05) is 5.32 Å². The number of para-hydroxylation sites is 1. The summed E-state index contributed by atoms with van der Waals surface area (Å²) < 4.78 is 18.7. The lowest BCUT2D eigenvalue weighted by atomic mass is 10.2. The molecule has 3 rings (SSSR count). The molecule has 0 aliphatic rings. The number of hydrogen-bond acceptors (Lipinski definition) is 4. The van der Waals surface area contributed by atoms with Gasteiger partial charge in [-0.25, -0.2) is 4.39 Å². The summed E-state index contributed by atoms with van der Waals surface area (Å²) in [5.74, 6) is 0.109. The zero-order valence-corrected chi connectivity index (χ0v) is 14.0. The van der Waals surface area contributed by atoms with E-state index < -0.39 is 5.82 Å². The van der Waals surface area contributed by atoms with Crippen molar-refractivity contribution in [1.82, 2.24) is 10.1 Å². The third kappa shape index (κ3) is 4.42. The minimum absolute atomic E-state index is 0.172. The molecular formula is C18H15ClFN3O2. The summed E-state index contributed by atoms with van der Waals surface area (Å²) in [6.07, 6.45) is 1.17. The molecule has 0 fully saturated rings. The van der Waals surface area contributed by atoms with Gasteiger partial charge in [0, 0.05) is 18.4 Å². The summed E-state index contributed by atoms with van der Waals surface area (Å²) in [5, 5.41) is 6.98. The number of carbonyl (C=O) groups is 1. The zero-order chi connectivity index (χ0) is 17.6. The molecule has 25 heavy (non-hydrogen) atoms. The number of anilines is 1. The third-order valence-corrected chi connectivity index (χ3v) is 3.85. The SMILES string of the molecule is O=C(CCCc1nc(-c2ccccc2Cl)no1)Nc1ccccc1F. The minimum atomic E-state index is -0.461. The van der Waals surface area contributed by atoms with Crippen molar-refractivity contribution in [3.05, 3.63) is 65.3 Å². The maximum Gasteiger partial charge on any atom is 0.226 e. The Morgan fingerprint density at radius 1 is 1.16 bits per heavy atom. The van der Waals surface area contributed by atoms with Crippen LogP contribution in [-0.4, -0.2) is 16.0 Å². The van der Waals surface area contributed by atoms with Gasteiger partial charge in [-0.1, -0.05) is 41.0 Å². The van der Waals surface area contributed by atoms with Crippen molar-refractivity contribution in [2.24, 2.45) is 0 Å². The molecule has 128 valence electrons. The van der Waals surface area contributed by atoms with Crippen molar-refractivity contribution >= 4 is 23.2 Å². The Bertz CT molecular complexity index is 882. The molecule has 0 saturated heterocycles. The van der Waals surface area contributed by atoms with E-state index in [1.165, 1.54) is 12.1 Å². The average Bonchev–Trinajstić information content (AvgIpc) is 3.06. The third-order valence-electron chi connectivity index (χ3n) is 3.53. The van der Waals surface area contributed by atoms with Crippen molar-refractivity contribution in [3.63, 3.8) is 0 Å². The summed E-state index contributed by atoms with van der Waals surface area (Å²) in [6.45, 7) is 0. The predicted molar refractivity (Wildman–Crippen MR) is 92.7 cm³/mol. The second kappa shape index (κ2) is 7.90. The molecule has 0 spiro atoms. The number of nitrogens with zero attached hydrogens (tertiary/aromatic N) is 2. The first-order valence-corrected chi connectivity index (χ1v) is 8.13. The summed E-state index contributed by atoms with van der Waals surface area (Å²) in [4.78, 5) is 16.1. The van der Waals surface area contributed by atoms with Crippen LogP contribution in [0.4, 0.5) is 10.1 Å². The van der Waals surface area contributed by atoms with Crippen LogP contribution in [0.3, 0.4) is 0 Å². The number of aromatic nitrogens is 2. The topological polar surface area (TPSA) is 68.0 Å². The second-order valence-corrected chi connectivity index (χ2v) is 5.78. The lowest BCUT2D eigenvalue weighted by molar-refractivity contribution is -0.116. The maximum atomic E-state index is 13.5. The number of nitrogens with one attached hydrogen (secondary N) is 1. The molecule has 1 aromatic heterocycles. The lowest BCUT2D eigenvalue weighted by Gasteiger charge is -2.05. The molecule has 2 aromatic carbocycles. The molecule has 0 unspecified atom stereocenters. The van der Waals surface area contributed by atoms with Gasteiger partial charge in [0.15, 0.2) is 0 Å². The molecule has 0 aliphatic heterocycles. The summed E-state index contributed by atoms with van der Waals surface area (Å²) >= 11 is 6.10. The standard InChI is InChI=1S/C18H15ClFN3O2/c19-13-7-2-1-6-12(13)18-22-17(25-23-18)11-5-10-16(24)21-15-9-4-3-8-14(15)20/h1-4,6-9H,5,10-11H2,(H,21,24). The van der Waals surface area contributed by atoms with Crippen molar-refractivity contribution in [3.8, 4) is 11.4 Å². The van der Waals surface area contributed by atoms with E-state index in [4.69, 9.17) is 16.1 Å². The molecule has 0 atom stereocenters. The van der Waals surface area contributed by atoms with E-state index in [1.807, 2.05) is 12.1 Å². The normalized spacial score (nSPS) is 10.6. The number of rotatable bonds is 6. The highest BCUT2D eigenvalue weighted by atomic mass is 35.5. The highest BCUT2D eigenvalue weighted by molar-refractivity contribution is 6.33. The Hall–Kier alpha value is -2.73. The minimum Gasteiger partial charge on any atom is -0.339 e. The van der Waals surface area contributed by atoms with Crippen LogP contribution in [0.25, 0.3) is 11.4 Å². The molecular weight excluding hydrogens is 345 g/mol. The number of benzene rings is 2. The molecule has 0 aliphatic carbocycles. The summed E-state index contributed by atoms with van der Waals surface area (Å²) in [6, 6.07) is 13.3. The lowest BCUT2D eigenvalue weighted by Crippen LogP contribution is -2.12. The van der Waals surface area contributed by atoms with Crippen LogP contribution in [0.1, 0.15) is 18.7 Å². The molecule has 0 radical (unpaired) electrons. The Morgan fingerprint density at radius 3 is 2.72 bits per heavy atom. The van der Waals surface area contributed by atoms with E-state index in [0.717, 1.165) is 0 Å². The highest BCUT2D eigenvalue weighted by Gasteiger charge is 2.12. The highest BCUT2D eigenvalue weighted by Crippen LogP contribution is 2.25. The van der Waals surface area contributed by atoms with E-state index in [9.17, 15) is 9.18 Å². The molecule has 7 heteroatoms. The van der Waals surface area contributed by atoms with Gasteiger partial charge in [0.05, 0.1) is 10.7 Å². The first kappa shape index (κ1) is 17.1. The smallest absolute Gasteiger partial charge is 0.226 e. The fourth-order valence-electron chi connectivity index (χ4n) is 2.28. The van der Waals surface area contributed by atoms with Crippen LogP contribution in [0.15, 0.2) is 53.1 Å². The Kier molecular flexibility index (Phi) is 5.40. The van der Waals surface area contributed by atoms with Gasteiger partial charge in [-0.15, -0.1) is 0 Å². The Labute approximate surface area is 148 Å². The van der Waals surface area contributed by atoms with Gasteiger partial charge in [0.25, 0.3) is 0 Å². The number of carbonyl (C=O) groups excluding carboxylic acids is 1. The van der Waals surface area contributed by atoms with Gasteiger partial charge in [-0.2, -0.15) is 4.98 Å². The van der Waals surface area contributed by atoms with Crippen molar-refractivity contribution in [1.29, 1.82) is 0 Å². The van der Waals surface area contributed by atoms with Crippen molar-refractivity contribution < 1.29 is 13.7 Å². The van der Waals surface area contributed by atoms with Crippen molar-refractivity contribution in [2.45, 2.75) is 19.3 Å².